The number of nitrogens with zero attached hydrogens (tertiary/aromatic N) is 1. The maximum absolute atomic E-state index is 12.4. The van der Waals surface area contributed by atoms with Gasteiger partial charge in [0.25, 0.3) is 5.91 Å². The Morgan fingerprint density at radius 2 is 1.96 bits per heavy atom. The summed E-state index contributed by atoms with van der Waals surface area (Å²) in [4.78, 5) is 16.7. The van der Waals surface area contributed by atoms with Crippen LogP contribution in [-0.4, -0.2) is 37.3 Å². The van der Waals surface area contributed by atoms with Gasteiger partial charge in [0, 0.05) is 26.0 Å². The molecular weight excluding hydrogens is 318 g/mol. The maximum Gasteiger partial charge on any atom is 0.255 e. The average molecular weight is 343 g/mol. The monoisotopic (exact) mass is 343 g/mol. The van der Waals surface area contributed by atoms with E-state index in [9.17, 15) is 4.79 Å². The summed E-state index contributed by atoms with van der Waals surface area (Å²) in [5.74, 6) is 1.05. The Morgan fingerprint density at radius 3 is 2.76 bits per heavy atom. The number of hydrogen-bond donors (Lipinski definition) is 2. The molecule has 1 amide bonds. The van der Waals surface area contributed by atoms with Gasteiger partial charge in [0.05, 0.1) is 17.9 Å². The number of carbonyl (C=O) groups is 1. The molecule has 6 nitrogen and oxygen atoms in total. The predicted octanol–water partition coefficient (Wildman–Crippen LogP) is 3.38. The number of benzene rings is 1. The first-order valence-corrected chi connectivity index (χ1v) is 8.56. The topological polar surface area (TPSA) is 72.5 Å². The molecule has 0 radical (unpaired) electrons. The van der Waals surface area contributed by atoms with Crippen molar-refractivity contribution < 1.29 is 14.3 Å². The fourth-order valence-electron chi connectivity index (χ4n) is 2.28. The van der Waals surface area contributed by atoms with Crippen molar-refractivity contribution in [1.82, 2.24) is 10.3 Å². The first-order chi connectivity index (χ1) is 12.3. The van der Waals surface area contributed by atoms with Gasteiger partial charge in [-0.05, 0) is 44.5 Å². The number of pyridine rings is 1. The van der Waals surface area contributed by atoms with Crippen LogP contribution in [-0.2, 0) is 4.74 Å². The van der Waals surface area contributed by atoms with Gasteiger partial charge in [0.1, 0.15) is 11.6 Å². The third kappa shape index (κ3) is 5.76. The van der Waals surface area contributed by atoms with Crippen LogP contribution in [0.25, 0.3) is 0 Å². The number of para-hydroxylation sites is 2. The van der Waals surface area contributed by atoms with Crippen molar-refractivity contribution in [3.05, 3.63) is 48.2 Å². The molecule has 0 saturated carbocycles. The maximum atomic E-state index is 12.4. The van der Waals surface area contributed by atoms with E-state index in [1.807, 2.05) is 38.1 Å². The molecule has 0 aliphatic heterocycles. The van der Waals surface area contributed by atoms with E-state index in [1.165, 1.54) is 0 Å². The van der Waals surface area contributed by atoms with Crippen LogP contribution >= 0.6 is 0 Å². The zero-order valence-electron chi connectivity index (χ0n) is 14.7. The number of rotatable bonds is 10. The molecular formula is C19H25N3O3. The summed E-state index contributed by atoms with van der Waals surface area (Å²) in [5, 5.41) is 6.09. The molecule has 0 fully saturated rings. The lowest BCUT2D eigenvalue weighted by molar-refractivity contribution is 0.0945. The molecule has 134 valence electrons. The molecule has 6 heteroatoms. The van der Waals surface area contributed by atoms with Crippen LogP contribution < -0.4 is 15.4 Å². The van der Waals surface area contributed by atoms with E-state index in [2.05, 4.69) is 15.6 Å². The van der Waals surface area contributed by atoms with Crippen molar-refractivity contribution in [2.24, 2.45) is 0 Å². The molecule has 1 heterocycles. The summed E-state index contributed by atoms with van der Waals surface area (Å²) in [6.07, 6.45) is 2.42. The smallest absolute Gasteiger partial charge is 0.255 e. The van der Waals surface area contributed by atoms with E-state index in [4.69, 9.17) is 9.47 Å². The number of aromatic nitrogens is 1. The van der Waals surface area contributed by atoms with Crippen molar-refractivity contribution in [1.29, 1.82) is 0 Å². The zero-order chi connectivity index (χ0) is 17.9. The third-order valence-electron chi connectivity index (χ3n) is 3.45. The van der Waals surface area contributed by atoms with Crippen molar-refractivity contribution in [2.45, 2.75) is 20.3 Å². The van der Waals surface area contributed by atoms with E-state index in [-0.39, 0.29) is 5.91 Å². The summed E-state index contributed by atoms with van der Waals surface area (Å²) in [6, 6.07) is 11.1. The van der Waals surface area contributed by atoms with Gasteiger partial charge in [-0.1, -0.05) is 12.1 Å². The largest absolute Gasteiger partial charge is 0.492 e. The average Bonchev–Trinajstić information content (AvgIpc) is 2.64. The Hall–Kier alpha value is -2.60. The van der Waals surface area contributed by atoms with Gasteiger partial charge in [-0.15, -0.1) is 0 Å². The number of carbonyl (C=O) groups excluding carboxylic acids is 1. The highest BCUT2D eigenvalue weighted by Gasteiger charge is 2.13. The summed E-state index contributed by atoms with van der Waals surface area (Å²) >= 11 is 0. The summed E-state index contributed by atoms with van der Waals surface area (Å²) in [5.41, 5.74) is 1.26. The van der Waals surface area contributed by atoms with Gasteiger partial charge in [0.2, 0.25) is 0 Å². The molecule has 0 aliphatic carbocycles. The number of hydrogen-bond acceptors (Lipinski definition) is 5. The lowest BCUT2D eigenvalue weighted by Gasteiger charge is -2.14. The van der Waals surface area contributed by atoms with Crippen LogP contribution in [0.2, 0.25) is 0 Å². The van der Waals surface area contributed by atoms with Gasteiger partial charge in [-0.3, -0.25) is 4.79 Å². The molecule has 0 bridgehead atoms. The lowest BCUT2D eigenvalue weighted by Crippen LogP contribution is -2.26. The van der Waals surface area contributed by atoms with Gasteiger partial charge in [0.15, 0.2) is 0 Å². The molecule has 1 aromatic carbocycles. The second-order valence-corrected chi connectivity index (χ2v) is 5.26. The highest BCUT2D eigenvalue weighted by Crippen LogP contribution is 2.27. The second-order valence-electron chi connectivity index (χ2n) is 5.26. The van der Waals surface area contributed by atoms with Crippen molar-refractivity contribution in [3.63, 3.8) is 0 Å². The van der Waals surface area contributed by atoms with Crippen LogP contribution in [0.4, 0.5) is 11.5 Å². The molecule has 0 saturated heterocycles. The van der Waals surface area contributed by atoms with E-state index in [0.29, 0.717) is 37.7 Å². The number of amides is 1. The number of ether oxygens (including phenoxy) is 2. The molecule has 0 atom stereocenters. The second kappa shape index (κ2) is 10.3. The van der Waals surface area contributed by atoms with Crippen molar-refractivity contribution >= 4 is 17.4 Å². The fourth-order valence-corrected chi connectivity index (χ4v) is 2.28. The zero-order valence-corrected chi connectivity index (χ0v) is 14.7. The molecule has 25 heavy (non-hydrogen) atoms. The quantitative estimate of drug-likeness (QED) is 0.647. The van der Waals surface area contributed by atoms with E-state index < -0.39 is 0 Å². The number of nitrogens with one attached hydrogen (secondary N) is 2. The first kappa shape index (κ1) is 18.7. The van der Waals surface area contributed by atoms with Crippen LogP contribution in [0.1, 0.15) is 30.6 Å². The highest BCUT2D eigenvalue weighted by atomic mass is 16.5. The van der Waals surface area contributed by atoms with E-state index in [0.717, 1.165) is 17.9 Å². The Balaban J connectivity index is 2.06. The molecule has 0 aliphatic rings. The predicted molar refractivity (Wildman–Crippen MR) is 98.6 cm³/mol. The summed E-state index contributed by atoms with van der Waals surface area (Å²) < 4.78 is 10.9. The third-order valence-corrected chi connectivity index (χ3v) is 3.45. The van der Waals surface area contributed by atoms with Crippen molar-refractivity contribution in [2.75, 3.05) is 31.7 Å². The standard InChI is InChI=1S/C19H25N3O3/c1-3-24-14-8-13-21-19(23)15-9-7-12-20-18(15)22-16-10-5-6-11-17(16)25-4-2/h5-7,9-12H,3-4,8,13-14H2,1-2H3,(H,20,22)(H,21,23). The molecule has 1 aromatic heterocycles. The van der Waals surface area contributed by atoms with Crippen LogP contribution in [0.15, 0.2) is 42.6 Å². The van der Waals surface area contributed by atoms with Gasteiger partial charge < -0.3 is 20.1 Å². The Bertz CT molecular complexity index is 676. The minimum Gasteiger partial charge on any atom is -0.492 e. The molecule has 0 spiro atoms. The molecule has 2 aromatic rings. The van der Waals surface area contributed by atoms with Gasteiger partial charge >= 0.3 is 0 Å². The molecule has 2 rings (SSSR count). The molecule has 0 unspecified atom stereocenters. The Kier molecular flexibility index (Phi) is 7.72. The SMILES string of the molecule is CCOCCCNC(=O)c1cccnc1Nc1ccccc1OCC. The van der Waals surface area contributed by atoms with Crippen LogP contribution in [0, 0.1) is 0 Å². The summed E-state index contributed by atoms with van der Waals surface area (Å²) in [7, 11) is 0. The minimum absolute atomic E-state index is 0.166. The molecule has 2 N–H and O–H groups in total. The van der Waals surface area contributed by atoms with Crippen LogP contribution in [0.3, 0.4) is 0 Å². The Morgan fingerprint density at radius 1 is 1.12 bits per heavy atom. The first-order valence-electron chi connectivity index (χ1n) is 8.56. The Labute approximate surface area is 148 Å². The highest BCUT2D eigenvalue weighted by molar-refractivity contribution is 5.99. The normalized spacial score (nSPS) is 10.3. The van der Waals surface area contributed by atoms with Gasteiger partial charge in [-0.25, -0.2) is 4.98 Å². The van der Waals surface area contributed by atoms with Gasteiger partial charge in [-0.2, -0.15) is 0 Å². The fraction of sp³-hybridized carbons (Fsp3) is 0.368. The summed E-state index contributed by atoms with van der Waals surface area (Å²) in [6.45, 7) is 6.32. The van der Waals surface area contributed by atoms with Crippen molar-refractivity contribution in [3.8, 4) is 5.75 Å². The van der Waals surface area contributed by atoms with E-state index in [1.54, 1.807) is 18.3 Å². The minimum atomic E-state index is -0.166. The lowest BCUT2D eigenvalue weighted by atomic mass is 10.2. The van der Waals surface area contributed by atoms with E-state index >= 15 is 0 Å². The number of anilines is 2. The van der Waals surface area contributed by atoms with Crippen LogP contribution in [0.5, 0.6) is 5.75 Å².